The quantitative estimate of drug-likeness (QED) is 0.758. The van der Waals surface area contributed by atoms with E-state index in [1.807, 2.05) is 13.8 Å². The topological polar surface area (TPSA) is 78.0 Å². The lowest BCUT2D eigenvalue weighted by Crippen LogP contribution is -2.37. The zero-order valence-electron chi connectivity index (χ0n) is 13.9. The number of carbonyl (C=O) groups is 1. The number of rotatable bonds is 6. The maximum atomic E-state index is 13.2. The second-order valence-corrected chi connectivity index (χ2v) is 5.89. The number of aromatic nitrogens is 2. The smallest absolute Gasteiger partial charge is 0.220 e. The molecule has 3 N–H and O–H groups in total. The fourth-order valence-corrected chi connectivity index (χ4v) is 2.57. The van der Waals surface area contributed by atoms with Crippen molar-refractivity contribution in [2.75, 3.05) is 0 Å². The molecule has 0 aliphatic rings. The van der Waals surface area contributed by atoms with E-state index in [1.54, 1.807) is 6.92 Å². The number of benzene rings is 1. The first-order valence-corrected chi connectivity index (χ1v) is 7.72. The fourth-order valence-electron chi connectivity index (χ4n) is 2.57. The van der Waals surface area contributed by atoms with Crippen molar-refractivity contribution in [1.29, 1.82) is 0 Å². The van der Waals surface area contributed by atoms with Crippen LogP contribution in [0.4, 0.5) is 8.78 Å². The van der Waals surface area contributed by atoms with Gasteiger partial charge in [0.15, 0.2) is 11.6 Å². The van der Waals surface area contributed by atoms with Crippen molar-refractivity contribution in [2.24, 2.45) is 0 Å². The van der Waals surface area contributed by atoms with E-state index in [-0.39, 0.29) is 17.9 Å². The molecule has 1 heterocycles. The number of aryl methyl sites for hydroxylation is 2. The van der Waals surface area contributed by atoms with Gasteiger partial charge in [0, 0.05) is 12.1 Å². The largest absolute Gasteiger partial charge is 0.386 e. The SMILES string of the molecule is Cc1n[nH]c(C)c1CCC(=O)NC(C)C(O)c1ccc(F)c(F)c1. The normalized spacial score (nSPS) is 13.6. The van der Waals surface area contributed by atoms with Crippen LogP contribution >= 0.6 is 0 Å². The van der Waals surface area contributed by atoms with Gasteiger partial charge in [0.1, 0.15) is 0 Å². The first-order valence-electron chi connectivity index (χ1n) is 7.72. The second kappa shape index (κ2) is 7.53. The Balaban J connectivity index is 1.92. The van der Waals surface area contributed by atoms with Crippen LogP contribution in [-0.4, -0.2) is 27.3 Å². The number of aliphatic hydroxyl groups is 1. The van der Waals surface area contributed by atoms with E-state index in [9.17, 15) is 18.7 Å². The van der Waals surface area contributed by atoms with Gasteiger partial charge in [-0.15, -0.1) is 0 Å². The summed E-state index contributed by atoms with van der Waals surface area (Å²) < 4.78 is 26.2. The lowest BCUT2D eigenvalue weighted by atomic mass is 10.0. The predicted molar refractivity (Wildman–Crippen MR) is 85.3 cm³/mol. The van der Waals surface area contributed by atoms with Gasteiger partial charge in [0.05, 0.1) is 17.8 Å². The molecule has 0 spiro atoms. The van der Waals surface area contributed by atoms with E-state index in [4.69, 9.17) is 0 Å². The molecule has 1 aromatic carbocycles. The highest BCUT2D eigenvalue weighted by Crippen LogP contribution is 2.19. The molecule has 5 nitrogen and oxygen atoms in total. The van der Waals surface area contributed by atoms with Crippen LogP contribution in [-0.2, 0) is 11.2 Å². The van der Waals surface area contributed by atoms with Crippen LogP contribution in [0.1, 0.15) is 42.0 Å². The van der Waals surface area contributed by atoms with Gasteiger partial charge in [-0.1, -0.05) is 6.07 Å². The molecule has 0 saturated carbocycles. The first-order chi connectivity index (χ1) is 11.3. The molecule has 0 aliphatic heterocycles. The molecular formula is C17H21F2N3O2. The van der Waals surface area contributed by atoms with E-state index in [1.165, 1.54) is 6.07 Å². The Morgan fingerprint density at radius 1 is 1.33 bits per heavy atom. The van der Waals surface area contributed by atoms with Crippen LogP contribution in [0.2, 0.25) is 0 Å². The average Bonchev–Trinajstić information content (AvgIpc) is 2.85. The number of aliphatic hydroxyl groups excluding tert-OH is 1. The Bertz CT molecular complexity index is 711. The number of hydrogen-bond donors (Lipinski definition) is 3. The summed E-state index contributed by atoms with van der Waals surface area (Å²) in [6, 6.07) is 2.55. The van der Waals surface area contributed by atoms with Crippen molar-refractivity contribution in [3.05, 3.63) is 52.3 Å². The van der Waals surface area contributed by atoms with Gasteiger partial charge in [0.25, 0.3) is 0 Å². The third kappa shape index (κ3) is 4.17. The van der Waals surface area contributed by atoms with Gasteiger partial charge >= 0.3 is 0 Å². The maximum absolute atomic E-state index is 13.2. The van der Waals surface area contributed by atoms with Gasteiger partial charge in [-0.05, 0) is 50.5 Å². The summed E-state index contributed by atoms with van der Waals surface area (Å²) >= 11 is 0. The lowest BCUT2D eigenvalue weighted by Gasteiger charge is -2.21. The predicted octanol–water partition coefficient (Wildman–Crippen LogP) is 2.48. The standard InChI is InChI=1S/C17H21F2N3O2/c1-9-13(10(2)22-21-9)5-7-16(23)20-11(3)17(24)12-4-6-14(18)15(19)8-12/h4,6,8,11,17,24H,5,7H2,1-3H3,(H,20,23)(H,21,22). The van der Waals surface area contributed by atoms with Gasteiger partial charge < -0.3 is 10.4 Å². The Hall–Kier alpha value is -2.28. The van der Waals surface area contributed by atoms with Crippen LogP contribution in [0.3, 0.4) is 0 Å². The van der Waals surface area contributed by atoms with Crippen LogP contribution in [0.15, 0.2) is 18.2 Å². The molecule has 2 aromatic rings. The molecule has 0 bridgehead atoms. The fraction of sp³-hybridized carbons (Fsp3) is 0.412. The van der Waals surface area contributed by atoms with E-state index in [0.29, 0.717) is 6.42 Å². The third-order valence-corrected chi connectivity index (χ3v) is 4.03. The van der Waals surface area contributed by atoms with E-state index in [2.05, 4.69) is 15.5 Å². The molecule has 1 aromatic heterocycles. The van der Waals surface area contributed by atoms with Gasteiger partial charge in [0.2, 0.25) is 5.91 Å². The highest BCUT2D eigenvalue weighted by molar-refractivity contribution is 5.76. The molecule has 1 amide bonds. The number of aromatic amines is 1. The van der Waals surface area contributed by atoms with Crippen molar-refractivity contribution in [2.45, 2.75) is 45.8 Å². The van der Waals surface area contributed by atoms with E-state index >= 15 is 0 Å². The Kier molecular flexibility index (Phi) is 5.66. The summed E-state index contributed by atoms with van der Waals surface area (Å²) in [6.07, 6.45) is -0.342. The van der Waals surface area contributed by atoms with Crippen molar-refractivity contribution in [1.82, 2.24) is 15.5 Å². The molecule has 2 rings (SSSR count). The summed E-state index contributed by atoms with van der Waals surface area (Å²) in [5.41, 5.74) is 2.99. The van der Waals surface area contributed by atoms with Crippen molar-refractivity contribution >= 4 is 5.91 Å². The monoisotopic (exact) mass is 337 g/mol. The number of nitrogens with zero attached hydrogens (tertiary/aromatic N) is 1. The minimum Gasteiger partial charge on any atom is -0.386 e. The van der Waals surface area contributed by atoms with Gasteiger partial charge in [-0.3, -0.25) is 9.89 Å². The number of H-pyrrole nitrogens is 1. The summed E-state index contributed by atoms with van der Waals surface area (Å²) in [7, 11) is 0. The number of amides is 1. The van der Waals surface area contributed by atoms with Gasteiger partial charge in [-0.25, -0.2) is 8.78 Å². The maximum Gasteiger partial charge on any atom is 0.220 e. The molecule has 2 unspecified atom stereocenters. The minimum absolute atomic E-state index is 0.211. The number of nitrogens with one attached hydrogen (secondary N) is 2. The first kappa shape index (κ1) is 18.1. The summed E-state index contributed by atoms with van der Waals surface area (Å²) in [5, 5.41) is 19.8. The number of halogens is 2. The van der Waals surface area contributed by atoms with Crippen molar-refractivity contribution in [3.8, 4) is 0 Å². The highest BCUT2D eigenvalue weighted by atomic mass is 19.2. The summed E-state index contributed by atoms with van der Waals surface area (Å²) in [6.45, 7) is 5.37. The van der Waals surface area contributed by atoms with Crippen molar-refractivity contribution in [3.63, 3.8) is 0 Å². The van der Waals surface area contributed by atoms with Gasteiger partial charge in [-0.2, -0.15) is 5.10 Å². The third-order valence-electron chi connectivity index (χ3n) is 4.03. The highest BCUT2D eigenvalue weighted by Gasteiger charge is 2.20. The lowest BCUT2D eigenvalue weighted by molar-refractivity contribution is -0.122. The molecule has 24 heavy (non-hydrogen) atoms. The molecule has 0 aliphatic carbocycles. The van der Waals surface area contributed by atoms with Crippen molar-refractivity contribution < 1.29 is 18.7 Å². The molecular weight excluding hydrogens is 316 g/mol. The number of carbonyl (C=O) groups excluding carboxylic acids is 1. The van der Waals surface area contributed by atoms with E-state index < -0.39 is 23.8 Å². The summed E-state index contributed by atoms with van der Waals surface area (Å²) in [5.74, 6) is -2.24. The molecule has 130 valence electrons. The van der Waals surface area contributed by atoms with Crippen LogP contribution in [0, 0.1) is 25.5 Å². The van der Waals surface area contributed by atoms with Crippen LogP contribution in [0.5, 0.6) is 0 Å². The average molecular weight is 337 g/mol. The van der Waals surface area contributed by atoms with E-state index in [0.717, 1.165) is 29.1 Å². The Morgan fingerprint density at radius 3 is 2.62 bits per heavy atom. The number of hydrogen-bond acceptors (Lipinski definition) is 3. The second-order valence-electron chi connectivity index (χ2n) is 5.89. The van der Waals surface area contributed by atoms with Crippen LogP contribution in [0.25, 0.3) is 0 Å². The minimum atomic E-state index is -1.12. The Morgan fingerprint density at radius 2 is 2.04 bits per heavy atom. The molecule has 7 heteroatoms. The molecule has 2 atom stereocenters. The zero-order valence-corrected chi connectivity index (χ0v) is 13.9. The molecule has 0 radical (unpaired) electrons. The van der Waals surface area contributed by atoms with Crippen LogP contribution < -0.4 is 5.32 Å². The summed E-state index contributed by atoms with van der Waals surface area (Å²) in [4.78, 5) is 12.0. The zero-order chi connectivity index (χ0) is 17.9. The Labute approximate surface area is 139 Å². The molecule has 0 saturated heterocycles. The molecule has 0 fully saturated rings.